The van der Waals surface area contributed by atoms with Gasteiger partial charge in [0.15, 0.2) is 5.67 Å². The van der Waals surface area contributed by atoms with E-state index in [1.54, 1.807) is 17.0 Å². The van der Waals surface area contributed by atoms with Crippen molar-refractivity contribution in [3.63, 3.8) is 0 Å². The first-order chi connectivity index (χ1) is 27.1. The summed E-state index contributed by atoms with van der Waals surface area (Å²) in [5, 5.41) is 0. The molecule has 308 valence electrons. The van der Waals surface area contributed by atoms with Gasteiger partial charge in [0.1, 0.15) is 17.5 Å². The van der Waals surface area contributed by atoms with Crippen LogP contribution in [0.1, 0.15) is 60.9 Å². The average molecular weight is 813 g/mol. The van der Waals surface area contributed by atoms with Gasteiger partial charge in [-0.15, -0.1) is 0 Å². The van der Waals surface area contributed by atoms with E-state index >= 15 is 13.2 Å². The summed E-state index contributed by atoms with van der Waals surface area (Å²) in [5.41, 5.74) is -1.23. The maximum atomic E-state index is 16.3. The lowest BCUT2D eigenvalue weighted by atomic mass is 9.56. The minimum Gasteiger partial charge on any atom is -0.469 e. The van der Waals surface area contributed by atoms with Crippen molar-refractivity contribution in [1.82, 2.24) is 14.7 Å². The van der Waals surface area contributed by atoms with E-state index in [4.69, 9.17) is 4.74 Å². The van der Waals surface area contributed by atoms with Crippen LogP contribution in [0.3, 0.4) is 0 Å². The number of alkyl halides is 1. The summed E-state index contributed by atoms with van der Waals surface area (Å²) in [6, 6.07) is 13.3. The average Bonchev–Trinajstić information content (AvgIpc) is 3.61. The third-order valence-corrected chi connectivity index (χ3v) is 14.8. The molecule has 4 aliphatic rings. The molecule has 0 N–H and O–H groups in total. The number of piperidine rings is 1. The molecule has 1 aliphatic carbocycles. The van der Waals surface area contributed by atoms with Crippen molar-refractivity contribution >= 4 is 27.4 Å². The van der Waals surface area contributed by atoms with Gasteiger partial charge in [0.2, 0.25) is 9.84 Å². The lowest BCUT2D eigenvalue weighted by Gasteiger charge is -2.54. The lowest BCUT2D eigenvalue weighted by Crippen LogP contribution is -2.65. The third-order valence-electron chi connectivity index (χ3n) is 13.0. The number of hydrogen-bond acceptors (Lipinski definition) is 8. The molecule has 3 aliphatic heterocycles. The first kappa shape index (κ1) is 41.2. The molecule has 0 unspecified atom stereocenters. The Labute approximate surface area is 332 Å². The number of esters is 1. The molecule has 0 bridgehead atoms. The summed E-state index contributed by atoms with van der Waals surface area (Å²) in [6.07, 6.45) is 5.90. The zero-order chi connectivity index (χ0) is 40.7. The number of anilines is 1. The minimum atomic E-state index is -4.32. The molecular formula is C43H52F4N4O5S. The number of sulfone groups is 1. The number of nitrogens with zero attached hydrogens (tertiary/aromatic N) is 4. The normalized spacial score (nSPS) is 22.7. The molecule has 0 radical (unpaired) electrons. The minimum absolute atomic E-state index is 0.0675. The lowest BCUT2D eigenvalue weighted by molar-refractivity contribution is -0.142. The Kier molecular flexibility index (Phi) is 11.8. The number of halogens is 4. The molecule has 4 fully saturated rings. The largest absolute Gasteiger partial charge is 0.469 e. The summed E-state index contributed by atoms with van der Waals surface area (Å²) < 4.78 is 93.2. The zero-order valence-corrected chi connectivity index (χ0v) is 33.7. The number of methoxy groups -OCH3 is 1. The molecule has 7 rings (SSSR count). The number of carbonyl (C=O) groups excluding carboxylic acids is 2. The number of carbonyl (C=O) groups is 2. The molecule has 3 aromatic rings. The third kappa shape index (κ3) is 8.18. The van der Waals surface area contributed by atoms with Crippen LogP contribution in [0.15, 0.2) is 70.5 Å². The van der Waals surface area contributed by atoms with Crippen LogP contribution in [0, 0.1) is 35.2 Å². The van der Waals surface area contributed by atoms with Gasteiger partial charge in [0, 0.05) is 39.0 Å². The fraction of sp³-hybridized carbons (Fsp3) is 0.535. The quantitative estimate of drug-likeness (QED) is 0.143. The Hall–Kier alpha value is -4.01. The summed E-state index contributed by atoms with van der Waals surface area (Å²) in [7, 11) is -0.00371. The highest BCUT2D eigenvalue weighted by Gasteiger charge is 2.54. The van der Waals surface area contributed by atoms with Gasteiger partial charge in [-0.05, 0) is 130 Å². The standard InChI is InChI=1S/C43H52F4N4O5S/c1-48(2)41(53)35-13-11-33(23-37(35)45)57(54,55)34-12-14-39(38(46)24-34)51-26-42(47,27-51)25-50-19-15-30(16-20-50)43(28-49-17-6-18-49,31-8-5-9-32(44)22-31)36-10-4-7-29(36)21-40(52)56-3/h5,8-9,11-14,22-24,29-30,36H,4,6-7,10,15-21,25-28H2,1-3H3/t29-,36+,43+/m1/s1. The molecule has 3 atom stereocenters. The molecule has 9 nitrogen and oxygen atoms in total. The predicted molar refractivity (Wildman–Crippen MR) is 208 cm³/mol. The Morgan fingerprint density at radius 1 is 0.860 bits per heavy atom. The molecular weight excluding hydrogens is 761 g/mol. The number of amides is 1. The second-order valence-corrected chi connectivity index (χ2v) is 18.7. The molecule has 1 amide bonds. The van der Waals surface area contributed by atoms with Gasteiger partial charge >= 0.3 is 5.97 Å². The first-order valence-corrected chi connectivity index (χ1v) is 21.4. The van der Waals surface area contributed by atoms with E-state index in [-0.39, 0.29) is 70.7 Å². The second kappa shape index (κ2) is 16.3. The molecule has 0 aromatic heterocycles. The Balaban J connectivity index is 1.03. The number of hydrogen-bond donors (Lipinski definition) is 0. The monoisotopic (exact) mass is 812 g/mol. The van der Waals surface area contributed by atoms with Crippen LogP contribution in [-0.2, 0) is 24.8 Å². The molecule has 57 heavy (non-hydrogen) atoms. The number of ether oxygens (including phenoxy) is 1. The van der Waals surface area contributed by atoms with E-state index in [9.17, 15) is 22.4 Å². The molecule has 1 saturated carbocycles. The van der Waals surface area contributed by atoms with Crippen molar-refractivity contribution in [3.05, 3.63) is 89.2 Å². The smallest absolute Gasteiger partial charge is 0.305 e. The summed E-state index contributed by atoms with van der Waals surface area (Å²) in [4.78, 5) is 31.3. The maximum absolute atomic E-state index is 16.3. The highest BCUT2D eigenvalue weighted by molar-refractivity contribution is 7.91. The summed E-state index contributed by atoms with van der Waals surface area (Å²) in [5.74, 6) is -2.49. The van der Waals surface area contributed by atoms with E-state index in [1.165, 1.54) is 44.3 Å². The van der Waals surface area contributed by atoms with Crippen molar-refractivity contribution in [3.8, 4) is 0 Å². The van der Waals surface area contributed by atoms with E-state index < -0.39 is 37.9 Å². The molecule has 3 aromatic carbocycles. The van der Waals surface area contributed by atoms with Gasteiger partial charge in [0.25, 0.3) is 5.91 Å². The highest BCUT2D eigenvalue weighted by atomic mass is 32.2. The Bertz CT molecular complexity index is 2080. The fourth-order valence-corrected chi connectivity index (χ4v) is 11.4. The van der Waals surface area contributed by atoms with Gasteiger partial charge in [0.05, 0.1) is 41.2 Å². The van der Waals surface area contributed by atoms with Gasteiger partial charge in [-0.2, -0.15) is 0 Å². The fourth-order valence-electron chi connectivity index (χ4n) is 10.1. The SMILES string of the molecule is COC(=O)C[C@H]1CCC[C@@H]1[C@](CN1CCC1)(c1cccc(F)c1)C1CCN(CC2(F)CN(c3ccc(S(=O)(=O)c4ccc(C(=O)N(C)C)c(F)c4)cc3F)C2)CC1. The maximum Gasteiger partial charge on any atom is 0.305 e. The van der Waals surface area contributed by atoms with E-state index in [2.05, 4.69) is 15.9 Å². The van der Waals surface area contributed by atoms with Crippen molar-refractivity contribution in [2.24, 2.45) is 17.8 Å². The molecule has 3 saturated heterocycles. The van der Waals surface area contributed by atoms with Crippen LogP contribution in [0.2, 0.25) is 0 Å². The number of benzene rings is 3. The molecule has 14 heteroatoms. The Morgan fingerprint density at radius 2 is 1.54 bits per heavy atom. The van der Waals surface area contributed by atoms with Crippen LogP contribution in [0.25, 0.3) is 0 Å². The van der Waals surface area contributed by atoms with Gasteiger partial charge < -0.3 is 19.4 Å². The predicted octanol–water partition coefficient (Wildman–Crippen LogP) is 6.50. The van der Waals surface area contributed by atoms with Crippen LogP contribution in [-0.4, -0.2) is 114 Å². The molecule has 0 spiro atoms. The molecule has 3 heterocycles. The van der Waals surface area contributed by atoms with Crippen molar-refractivity contribution in [1.29, 1.82) is 0 Å². The van der Waals surface area contributed by atoms with Gasteiger partial charge in [-0.3, -0.25) is 14.5 Å². The van der Waals surface area contributed by atoms with Gasteiger partial charge in [-0.25, -0.2) is 26.0 Å². The van der Waals surface area contributed by atoms with Crippen LogP contribution >= 0.6 is 0 Å². The van der Waals surface area contributed by atoms with E-state index in [0.717, 1.165) is 88.0 Å². The number of rotatable bonds is 13. The van der Waals surface area contributed by atoms with E-state index in [1.807, 2.05) is 0 Å². The second-order valence-electron chi connectivity index (χ2n) is 16.8. The topological polar surface area (TPSA) is 90.5 Å². The van der Waals surface area contributed by atoms with Crippen LogP contribution < -0.4 is 4.90 Å². The van der Waals surface area contributed by atoms with Crippen LogP contribution in [0.5, 0.6) is 0 Å². The van der Waals surface area contributed by atoms with Crippen LogP contribution in [0.4, 0.5) is 23.2 Å². The number of likely N-dealkylation sites (tertiary alicyclic amines) is 2. The van der Waals surface area contributed by atoms with E-state index in [0.29, 0.717) is 19.5 Å². The van der Waals surface area contributed by atoms with Crippen molar-refractivity contribution in [2.45, 2.75) is 65.8 Å². The van der Waals surface area contributed by atoms with Crippen molar-refractivity contribution in [2.75, 3.05) is 78.5 Å². The Morgan fingerprint density at radius 3 is 2.14 bits per heavy atom. The highest BCUT2D eigenvalue weighted by Crippen LogP contribution is 2.54. The van der Waals surface area contributed by atoms with Crippen molar-refractivity contribution < 1.29 is 40.3 Å². The zero-order valence-electron chi connectivity index (χ0n) is 32.9. The summed E-state index contributed by atoms with van der Waals surface area (Å²) >= 11 is 0. The first-order valence-electron chi connectivity index (χ1n) is 19.9. The summed E-state index contributed by atoms with van der Waals surface area (Å²) in [6.45, 7) is 4.08. The van der Waals surface area contributed by atoms with Gasteiger partial charge in [-0.1, -0.05) is 18.6 Å².